The average molecular weight is 362 g/mol. The van der Waals surface area contributed by atoms with Crippen LogP contribution in [-0.4, -0.2) is 18.4 Å². The zero-order valence-electron chi connectivity index (χ0n) is 13.8. The number of anilines is 2. The Morgan fingerprint density at radius 3 is 2.58 bits per heavy atom. The van der Waals surface area contributed by atoms with E-state index in [2.05, 4.69) is 5.32 Å². The van der Waals surface area contributed by atoms with Gasteiger partial charge in [-0.05, 0) is 36.2 Å². The molecule has 4 nitrogen and oxygen atoms in total. The molecular weight excluding hydrogens is 345 g/mol. The summed E-state index contributed by atoms with van der Waals surface area (Å²) in [5.41, 5.74) is 0.698. The molecule has 0 aliphatic carbocycles. The summed E-state index contributed by atoms with van der Waals surface area (Å²) in [4.78, 5) is 25.6. The summed E-state index contributed by atoms with van der Waals surface area (Å²) in [5, 5.41) is 2.67. The van der Waals surface area contributed by atoms with Crippen LogP contribution in [0.2, 0.25) is 0 Å². The van der Waals surface area contributed by atoms with E-state index in [-0.39, 0.29) is 17.9 Å². The Morgan fingerprint density at radius 2 is 1.88 bits per heavy atom. The van der Waals surface area contributed by atoms with Gasteiger partial charge in [-0.15, -0.1) is 0 Å². The second-order valence-electron chi connectivity index (χ2n) is 6.12. The molecule has 0 atom stereocenters. The first-order valence-corrected chi connectivity index (χ1v) is 8.19. The number of nitrogens with one attached hydrogen (secondary N) is 1. The average Bonchev–Trinajstić information content (AvgIpc) is 3.00. The minimum Gasteiger partial charge on any atom is -0.326 e. The normalized spacial score (nSPS) is 14.6. The molecule has 136 valence electrons. The van der Waals surface area contributed by atoms with E-state index in [1.165, 1.54) is 12.1 Å². The number of benzene rings is 2. The van der Waals surface area contributed by atoms with Gasteiger partial charge in [-0.2, -0.15) is 13.2 Å². The molecule has 0 saturated carbocycles. The van der Waals surface area contributed by atoms with Gasteiger partial charge in [0.05, 0.1) is 12.0 Å². The maximum absolute atomic E-state index is 12.7. The molecule has 0 bridgehead atoms. The summed E-state index contributed by atoms with van der Waals surface area (Å²) in [6, 6.07) is 11.6. The Bertz CT molecular complexity index is 834. The second kappa shape index (κ2) is 7.19. The molecule has 1 saturated heterocycles. The largest absolute Gasteiger partial charge is 0.416 e. The number of carbonyl (C=O) groups excluding carboxylic acids is 2. The Kier molecular flexibility index (Phi) is 4.97. The first-order chi connectivity index (χ1) is 12.3. The highest BCUT2D eigenvalue weighted by Gasteiger charge is 2.30. The fraction of sp³-hybridized carbons (Fsp3) is 0.263. The lowest BCUT2D eigenvalue weighted by molar-refractivity contribution is -0.137. The van der Waals surface area contributed by atoms with E-state index < -0.39 is 17.6 Å². The van der Waals surface area contributed by atoms with E-state index >= 15 is 0 Å². The van der Waals surface area contributed by atoms with Crippen LogP contribution in [0.1, 0.15) is 24.0 Å². The van der Waals surface area contributed by atoms with Crippen LogP contribution in [0.3, 0.4) is 0 Å². The topological polar surface area (TPSA) is 49.4 Å². The number of hydrogen-bond acceptors (Lipinski definition) is 2. The molecule has 0 radical (unpaired) electrons. The van der Waals surface area contributed by atoms with Crippen molar-refractivity contribution in [2.45, 2.75) is 25.4 Å². The highest BCUT2D eigenvalue weighted by atomic mass is 19.4. The van der Waals surface area contributed by atoms with E-state index in [9.17, 15) is 22.8 Å². The van der Waals surface area contributed by atoms with Crippen LogP contribution in [0.15, 0.2) is 48.5 Å². The van der Waals surface area contributed by atoms with Crippen molar-refractivity contribution >= 4 is 23.2 Å². The van der Waals surface area contributed by atoms with Gasteiger partial charge in [-0.25, -0.2) is 0 Å². The number of nitrogens with zero attached hydrogens (tertiary/aromatic N) is 1. The lowest BCUT2D eigenvalue weighted by atomic mass is 10.1. The van der Waals surface area contributed by atoms with E-state index in [1.54, 1.807) is 29.2 Å². The van der Waals surface area contributed by atoms with E-state index in [0.29, 0.717) is 24.3 Å². The number of rotatable bonds is 4. The van der Waals surface area contributed by atoms with Gasteiger partial charge in [0.25, 0.3) is 0 Å². The SMILES string of the molecule is O=C(Cc1cccc(C(F)(F)F)c1)Nc1cccc(N2CCCC2=O)c1. The van der Waals surface area contributed by atoms with E-state index in [4.69, 9.17) is 0 Å². The van der Waals surface area contributed by atoms with Gasteiger partial charge in [-0.1, -0.05) is 24.3 Å². The molecule has 1 heterocycles. The molecule has 0 aromatic heterocycles. The third-order valence-electron chi connectivity index (χ3n) is 4.13. The maximum Gasteiger partial charge on any atom is 0.416 e. The molecular formula is C19H17F3N2O2. The highest BCUT2D eigenvalue weighted by molar-refractivity contribution is 5.97. The molecule has 0 unspecified atom stereocenters. The van der Waals surface area contributed by atoms with Crippen molar-refractivity contribution in [3.05, 3.63) is 59.7 Å². The van der Waals surface area contributed by atoms with Gasteiger partial charge >= 0.3 is 6.18 Å². The van der Waals surface area contributed by atoms with Crippen LogP contribution in [0.25, 0.3) is 0 Å². The van der Waals surface area contributed by atoms with Crippen LogP contribution >= 0.6 is 0 Å². The summed E-state index contributed by atoms with van der Waals surface area (Å²) in [7, 11) is 0. The summed E-state index contributed by atoms with van der Waals surface area (Å²) in [6.45, 7) is 0.639. The molecule has 2 aromatic rings. The van der Waals surface area contributed by atoms with Crippen LogP contribution in [-0.2, 0) is 22.2 Å². The minimum atomic E-state index is -4.44. The quantitative estimate of drug-likeness (QED) is 0.893. The van der Waals surface area contributed by atoms with Crippen molar-refractivity contribution in [1.29, 1.82) is 0 Å². The van der Waals surface area contributed by atoms with Crippen LogP contribution in [0.4, 0.5) is 24.5 Å². The first-order valence-electron chi connectivity index (χ1n) is 8.19. The van der Waals surface area contributed by atoms with E-state index in [1.807, 2.05) is 0 Å². The summed E-state index contributed by atoms with van der Waals surface area (Å²) in [6.07, 6.45) is -3.31. The molecule has 2 amide bonds. The van der Waals surface area contributed by atoms with Crippen molar-refractivity contribution in [3.8, 4) is 0 Å². The Labute approximate surface area is 148 Å². The highest BCUT2D eigenvalue weighted by Crippen LogP contribution is 2.29. The molecule has 1 aliphatic rings. The van der Waals surface area contributed by atoms with Gasteiger partial charge in [0.1, 0.15) is 0 Å². The number of amides is 2. The zero-order valence-corrected chi connectivity index (χ0v) is 13.8. The summed E-state index contributed by atoms with van der Waals surface area (Å²) >= 11 is 0. The third-order valence-corrected chi connectivity index (χ3v) is 4.13. The smallest absolute Gasteiger partial charge is 0.326 e. The fourth-order valence-electron chi connectivity index (χ4n) is 2.92. The lowest BCUT2D eigenvalue weighted by Gasteiger charge is -2.17. The second-order valence-corrected chi connectivity index (χ2v) is 6.12. The maximum atomic E-state index is 12.7. The number of halogens is 3. The van der Waals surface area contributed by atoms with Crippen LogP contribution in [0, 0.1) is 0 Å². The number of alkyl halides is 3. The van der Waals surface area contributed by atoms with Gasteiger partial charge in [0.15, 0.2) is 0 Å². The monoisotopic (exact) mass is 362 g/mol. The molecule has 0 spiro atoms. The molecule has 7 heteroatoms. The third kappa shape index (κ3) is 4.22. The van der Waals surface area contributed by atoms with Crippen molar-refractivity contribution in [1.82, 2.24) is 0 Å². The van der Waals surface area contributed by atoms with Crippen LogP contribution in [0.5, 0.6) is 0 Å². The van der Waals surface area contributed by atoms with Gasteiger partial charge in [0.2, 0.25) is 11.8 Å². The Balaban J connectivity index is 1.68. The van der Waals surface area contributed by atoms with Gasteiger partial charge in [-0.3, -0.25) is 9.59 Å². The molecule has 3 rings (SSSR count). The minimum absolute atomic E-state index is 0.0393. The Hall–Kier alpha value is -2.83. The van der Waals surface area contributed by atoms with E-state index in [0.717, 1.165) is 18.6 Å². The van der Waals surface area contributed by atoms with Gasteiger partial charge in [0, 0.05) is 24.3 Å². The zero-order chi connectivity index (χ0) is 18.7. The predicted molar refractivity (Wildman–Crippen MR) is 91.8 cm³/mol. The molecule has 2 aromatic carbocycles. The summed E-state index contributed by atoms with van der Waals surface area (Å²) in [5.74, 6) is -0.383. The van der Waals surface area contributed by atoms with Crippen molar-refractivity contribution < 1.29 is 22.8 Å². The fourth-order valence-corrected chi connectivity index (χ4v) is 2.92. The summed E-state index contributed by atoms with van der Waals surface area (Å²) < 4.78 is 38.2. The van der Waals surface area contributed by atoms with Crippen molar-refractivity contribution in [2.75, 3.05) is 16.8 Å². The van der Waals surface area contributed by atoms with Gasteiger partial charge < -0.3 is 10.2 Å². The predicted octanol–water partition coefficient (Wildman–Crippen LogP) is 4.01. The standard InChI is InChI=1S/C19H17F3N2O2/c20-19(21,22)14-5-1-4-13(10-14)11-17(25)23-15-6-2-7-16(12-15)24-9-3-8-18(24)26/h1-2,4-7,10,12H,3,8-9,11H2,(H,23,25). The molecule has 26 heavy (non-hydrogen) atoms. The molecule has 1 aliphatic heterocycles. The molecule has 1 N–H and O–H groups in total. The number of hydrogen-bond donors (Lipinski definition) is 1. The Morgan fingerprint density at radius 1 is 1.12 bits per heavy atom. The molecule has 1 fully saturated rings. The number of carbonyl (C=O) groups is 2. The van der Waals surface area contributed by atoms with Crippen LogP contribution < -0.4 is 10.2 Å². The lowest BCUT2D eigenvalue weighted by Crippen LogP contribution is -2.23. The first kappa shape index (κ1) is 18.0. The van der Waals surface area contributed by atoms with Crippen molar-refractivity contribution in [3.63, 3.8) is 0 Å². The van der Waals surface area contributed by atoms with Crippen molar-refractivity contribution in [2.24, 2.45) is 0 Å².